The SMILES string of the molecule is Clc1nc(NC2CCC2)nc(N2CCCCC2)n1. The van der Waals surface area contributed by atoms with Crippen LogP contribution in [0, 0.1) is 0 Å². The summed E-state index contributed by atoms with van der Waals surface area (Å²) in [6.07, 6.45) is 7.38. The van der Waals surface area contributed by atoms with Crippen molar-refractivity contribution in [2.45, 2.75) is 44.6 Å². The molecule has 1 aliphatic carbocycles. The van der Waals surface area contributed by atoms with Gasteiger partial charge in [-0.1, -0.05) is 0 Å². The van der Waals surface area contributed by atoms with E-state index in [1.165, 1.54) is 38.5 Å². The largest absolute Gasteiger partial charge is 0.351 e. The van der Waals surface area contributed by atoms with Gasteiger partial charge in [0, 0.05) is 19.1 Å². The van der Waals surface area contributed by atoms with Gasteiger partial charge in [0.2, 0.25) is 17.2 Å². The zero-order valence-corrected chi connectivity index (χ0v) is 11.2. The van der Waals surface area contributed by atoms with E-state index >= 15 is 0 Å². The van der Waals surface area contributed by atoms with E-state index in [2.05, 4.69) is 25.2 Å². The maximum Gasteiger partial charge on any atom is 0.231 e. The molecular weight excluding hydrogens is 250 g/mol. The van der Waals surface area contributed by atoms with Crippen LogP contribution in [0.2, 0.25) is 5.28 Å². The molecule has 3 rings (SSSR count). The van der Waals surface area contributed by atoms with E-state index in [4.69, 9.17) is 11.6 Å². The second-order valence-corrected chi connectivity index (χ2v) is 5.39. The van der Waals surface area contributed by atoms with Crippen LogP contribution in [0.5, 0.6) is 0 Å². The fourth-order valence-corrected chi connectivity index (χ4v) is 2.53. The van der Waals surface area contributed by atoms with Crippen molar-refractivity contribution in [1.29, 1.82) is 0 Å². The molecule has 6 heteroatoms. The third-order valence-electron chi connectivity index (χ3n) is 3.67. The molecule has 0 amide bonds. The lowest BCUT2D eigenvalue weighted by Crippen LogP contribution is -2.32. The molecule has 1 aromatic heterocycles. The molecule has 18 heavy (non-hydrogen) atoms. The van der Waals surface area contributed by atoms with Crippen LogP contribution in [-0.2, 0) is 0 Å². The Labute approximate surface area is 112 Å². The fraction of sp³-hybridized carbons (Fsp3) is 0.750. The summed E-state index contributed by atoms with van der Waals surface area (Å²) in [7, 11) is 0. The fourth-order valence-electron chi connectivity index (χ4n) is 2.37. The molecule has 2 heterocycles. The normalized spacial score (nSPS) is 20.6. The maximum atomic E-state index is 5.98. The molecule has 2 aliphatic rings. The van der Waals surface area contributed by atoms with Crippen molar-refractivity contribution in [3.8, 4) is 0 Å². The molecule has 2 fully saturated rings. The Kier molecular flexibility index (Phi) is 3.50. The monoisotopic (exact) mass is 267 g/mol. The van der Waals surface area contributed by atoms with Crippen molar-refractivity contribution in [1.82, 2.24) is 15.0 Å². The predicted octanol–water partition coefficient (Wildman–Crippen LogP) is 2.48. The lowest BCUT2D eigenvalue weighted by atomic mass is 9.93. The van der Waals surface area contributed by atoms with Gasteiger partial charge in [0.15, 0.2) is 0 Å². The molecule has 0 atom stereocenters. The number of piperidine rings is 1. The minimum Gasteiger partial charge on any atom is -0.351 e. The molecule has 1 saturated carbocycles. The van der Waals surface area contributed by atoms with E-state index in [0.717, 1.165) is 19.0 Å². The summed E-state index contributed by atoms with van der Waals surface area (Å²) in [5.41, 5.74) is 0. The van der Waals surface area contributed by atoms with E-state index in [1.54, 1.807) is 0 Å². The van der Waals surface area contributed by atoms with E-state index in [1.807, 2.05) is 0 Å². The molecule has 1 aromatic rings. The first kappa shape index (κ1) is 12.0. The van der Waals surface area contributed by atoms with Crippen molar-refractivity contribution < 1.29 is 0 Å². The molecule has 0 radical (unpaired) electrons. The highest BCUT2D eigenvalue weighted by molar-refractivity contribution is 6.28. The third-order valence-corrected chi connectivity index (χ3v) is 3.84. The summed E-state index contributed by atoms with van der Waals surface area (Å²) in [5, 5.41) is 3.61. The van der Waals surface area contributed by atoms with Crippen LogP contribution in [0.25, 0.3) is 0 Å². The van der Waals surface area contributed by atoms with Crippen LogP contribution < -0.4 is 10.2 Å². The van der Waals surface area contributed by atoms with Gasteiger partial charge in [-0.25, -0.2) is 0 Å². The first-order valence-corrected chi connectivity index (χ1v) is 7.12. The Morgan fingerprint density at radius 1 is 1.00 bits per heavy atom. The zero-order valence-electron chi connectivity index (χ0n) is 10.4. The van der Waals surface area contributed by atoms with Gasteiger partial charge in [-0.3, -0.25) is 0 Å². The number of hydrogen-bond acceptors (Lipinski definition) is 5. The Balaban J connectivity index is 1.75. The average Bonchev–Trinajstić information content (AvgIpc) is 2.34. The molecule has 0 spiro atoms. The number of anilines is 2. The summed E-state index contributed by atoms with van der Waals surface area (Å²) >= 11 is 5.98. The maximum absolute atomic E-state index is 5.98. The van der Waals surface area contributed by atoms with Crippen LogP contribution in [0.3, 0.4) is 0 Å². The number of hydrogen-bond donors (Lipinski definition) is 1. The molecular formula is C12H18ClN5. The zero-order chi connectivity index (χ0) is 12.4. The van der Waals surface area contributed by atoms with Gasteiger partial charge in [0.25, 0.3) is 0 Å². The molecule has 1 N–H and O–H groups in total. The van der Waals surface area contributed by atoms with Crippen molar-refractivity contribution in [2.75, 3.05) is 23.3 Å². The molecule has 5 nitrogen and oxygen atoms in total. The van der Waals surface area contributed by atoms with E-state index in [0.29, 0.717) is 12.0 Å². The summed E-state index contributed by atoms with van der Waals surface area (Å²) in [6, 6.07) is 0.512. The minimum absolute atomic E-state index is 0.285. The van der Waals surface area contributed by atoms with Crippen molar-refractivity contribution in [3.05, 3.63) is 5.28 Å². The first-order valence-electron chi connectivity index (χ1n) is 6.74. The number of halogens is 1. The summed E-state index contributed by atoms with van der Waals surface area (Å²) in [6.45, 7) is 2.03. The van der Waals surface area contributed by atoms with Crippen molar-refractivity contribution >= 4 is 23.5 Å². The van der Waals surface area contributed by atoms with Crippen LogP contribution >= 0.6 is 11.6 Å². The van der Waals surface area contributed by atoms with Crippen LogP contribution in [0.1, 0.15) is 38.5 Å². The lowest BCUT2D eigenvalue weighted by molar-refractivity contribution is 0.443. The molecule has 1 saturated heterocycles. The van der Waals surface area contributed by atoms with Gasteiger partial charge in [-0.15, -0.1) is 0 Å². The predicted molar refractivity (Wildman–Crippen MR) is 72.2 cm³/mol. The standard InChI is InChI=1S/C12H18ClN5/c13-10-15-11(14-9-5-4-6-9)17-12(16-10)18-7-2-1-3-8-18/h9H,1-8H2,(H,14,15,16,17). The Bertz CT molecular complexity index is 415. The number of nitrogens with one attached hydrogen (secondary N) is 1. The van der Waals surface area contributed by atoms with E-state index < -0.39 is 0 Å². The van der Waals surface area contributed by atoms with Crippen molar-refractivity contribution in [2.24, 2.45) is 0 Å². The summed E-state index contributed by atoms with van der Waals surface area (Å²) in [4.78, 5) is 15.1. The van der Waals surface area contributed by atoms with E-state index in [9.17, 15) is 0 Å². The first-order chi connectivity index (χ1) is 8.81. The van der Waals surface area contributed by atoms with Crippen LogP contribution in [-0.4, -0.2) is 34.1 Å². The Morgan fingerprint density at radius 2 is 1.78 bits per heavy atom. The highest BCUT2D eigenvalue weighted by atomic mass is 35.5. The third kappa shape index (κ3) is 2.66. The van der Waals surface area contributed by atoms with Crippen LogP contribution in [0.4, 0.5) is 11.9 Å². The van der Waals surface area contributed by atoms with Gasteiger partial charge in [-0.2, -0.15) is 15.0 Å². The minimum atomic E-state index is 0.285. The number of nitrogens with zero attached hydrogens (tertiary/aromatic N) is 4. The lowest BCUT2D eigenvalue weighted by Gasteiger charge is -2.28. The second-order valence-electron chi connectivity index (χ2n) is 5.05. The van der Waals surface area contributed by atoms with Crippen LogP contribution in [0.15, 0.2) is 0 Å². The molecule has 0 aromatic carbocycles. The number of aromatic nitrogens is 3. The molecule has 1 aliphatic heterocycles. The van der Waals surface area contributed by atoms with E-state index in [-0.39, 0.29) is 5.28 Å². The van der Waals surface area contributed by atoms with Gasteiger partial charge in [0.1, 0.15) is 0 Å². The smallest absolute Gasteiger partial charge is 0.231 e. The number of rotatable bonds is 3. The second kappa shape index (κ2) is 5.26. The van der Waals surface area contributed by atoms with Gasteiger partial charge >= 0.3 is 0 Å². The highest BCUT2D eigenvalue weighted by Gasteiger charge is 2.20. The van der Waals surface area contributed by atoms with Crippen molar-refractivity contribution in [3.63, 3.8) is 0 Å². The van der Waals surface area contributed by atoms with Gasteiger partial charge in [0.05, 0.1) is 0 Å². The Hall–Kier alpha value is -1.10. The van der Waals surface area contributed by atoms with Gasteiger partial charge < -0.3 is 10.2 Å². The topological polar surface area (TPSA) is 53.9 Å². The molecule has 0 bridgehead atoms. The van der Waals surface area contributed by atoms with Gasteiger partial charge in [-0.05, 0) is 50.1 Å². The highest BCUT2D eigenvalue weighted by Crippen LogP contribution is 2.23. The molecule has 0 unspecified atom stereocenters. The average molecular weight is 268 g/mol. The summed E-state index contributed by atoms with van der Waals surface area (Å²) < 4.78 is 0. The Morgan fingerprint density at radius 3 is 2.44 bits per heavy atom. The molecule has 98 valence electrons. The summed E-state index contributed by atoms with van der Waals surface area (Å²) in [5.74, 6) is 1.34. The quantitative estimate of drug-likeness (QED) is 0.912.